The number of nitrogens with one attached hydrogen (secondary N) is 1. The normalized spacial score (nSPS) is 40.7. The molecular weight excluding hydrogens is 316 g/mol. The standard InChI is InChI=1S/C17H28N2OS.ClH/c20-17(11-12-9-13-5-6-14(10-12)18-13)19-7-8-21-16-4-2-1-3-15(16)19;/h12-16,18H,1-11H2;1H. The molecule has 126 valence electrons. The van der Waals surface area contributed by atoms with E-state index in [-0.39, 0.29) is 12.4 Å². The molecule has 3 aliphatic heterocycles. The number of rotatable bonds is 2. The maximum absolute atomic E-state index is 12.9. The number of carbonyl (C=O) groups excluding carboxylic acids is 1. The lowest BCUT2D eigenvalue weighted by atomic mass is 9.88. The zero-order valence-corrected chi connectivity index (χ0v) is 15.0. The number of amides is 1. The first-order chi connectivity index (χ1) is 10.3. The first-order valence-electron chi connectivity index (χ1n) is 8.97. The van der Waals surface area contributed by atoms with Crippen LogP contribution in [0.3, 0.4) is 0 Å². The molecule has 3 nitrogen and oxygen atoms in total. The van der Waals surface area contributed by atoms with Gasteiger partial charge in [0, 0.05) is 42.1 Å². The molecule has 4 unspecified atom stereocenters. The van der Waals surface area contributed by atoms with E-state index in [0.29, 0.717) is 30.0 Å². The van der Waals surface area contributed by atoms with E-state index < -0.39 is 0 Å². The van der Waals surface area contributed by atoms with Gasteiger partial charge in [-0.1, -0.05) is 12.8 Å². The van der Waals surface area contributed by atoms with Crippen molar-refractivity contribution in [2.45, 2.75) is 81.2 Å². The first-order valence-corrected chi connectivity index (χ1v) is 10.0. The average Bonchev–Trinajstić information content (AvgIpc) is 2.85. The maximum atomic E-state index is 12.9. The number of carbonyl (C=O) groups is 1. The molecule has 4 aliphatic rings. The Balaban J connectivity index is 0.00000144. The third-order valence-corrected chi connectivity index (χ3v) is 7.48. The highest BCUT2D eigenvalue weighted by molar-refractivity contribution is 8.00. The largest absolute Gasteiger partial charge is 0.338 e. The van der Waals surface area contributed by atoms with Crippen LogP contribution in [0.5, 0.6) is 0 Å². The lowest BCUT2D eigenvalue weighted by Crippen LogP contribution is -2.52. The molecule has 1 saturated carbocycles. The zero-order valence-electron chi connectivity index (χ0n) is 13.3. The molecule has 1 aliphatic carbocycles. The Labute approximate surface area is 144 Å². The van der Waals surface area contributed by atoms with Crippen LogP contribution in [0.25, 0.3) is 0 Å². The van der Waals surface area contributed by atoms with Crippen LogP contribution in [0, 0.1) is 5.92 Å². The van der Waals surface area contributed by atoms with Gasteiger partial charge in [-0.2, -0.15) is 11.8 Å². The maximum Gasteiger partial charge on any atom is 0.223 e. The van der Waals surface area contributed by atoms with E-state index >= 15 is 0 Å². The Bertz CT molecular complexity index is 394. The van der Waals surface area contributed by atoms with Crippen molar-refractivity contribution in [2.24, 2.45) is 5.92 Å². The van der Waals surface area contributed by atoms with Crippen LogP contribution in [0.1, 0.15) is 57.8 Å². The van der Waals surface area contributed by atoms with Gasteiger partial charge in [-0.05, 0) is 44.4 Å². The summed E-state index contributed by atoms with van der Waals surface area (Å²) in [5.74, 6) is 2.27. The van der Waals surface area contributed by atoms with Crippen molar-refractivity contribution in [3.05, 3.63) is 0 Å². The smallest absolute Gasteiger partial charge is 0.223 e. The van der Waals surface area contributed by atoms with Crippen molar-refractivity contribution in [2.75, 3.05) is 12.3 Å². The molecule has 5 heteroatoms. The Kier molecular flexibility index (Phi) is 5.62. The number of fused-ring (bicyclic) bond motifs is 3. The molecule has 2 bridgehead atoms. The second-order valence-corrected chi connectivity index (χ2v) is 8.87. The number of thioether (sulfide) groups is 1. The molecule has 0 aromatic carbocycles. The third kappa shape index (κ3) is 3.44. The Morgan fingerprint density at radius 1 is 1.09 bits per heavy atom. The fourth-order valence-corrected chi connectivity index (χ4v) is 6.56. The molecule has 4 atom stereocenters. The Hall–Kier alpha value is 0.0700. The monoisotopic (exact) mass is 344 g/mol. The molecule has 1 N–H and O–H groups in total. The first kappa shape index (κ1) is 16.9. The van der Waals surface area contributed by atoms with Gasteiger partial charge >= 0.3 is 0 Å². The fraction of sp³-hybridized carbons (Fsp3) is 0.941. The van der Waals surface area contributed by atoms with Gasteiger partial charge in [0.15, 0.2) is 0 Å². The number of nitrogens with zero attached hydrogens (tertiary/aromatic N) is 1. The zero-order chi connectivity index (χ0) is 14.2. The van der Waals surface area contributed by atoms with E-state index in [4.69, 9.17) is 0 Å². The lowest BCUT2D eigenvalue weighted by molar-refractivity contribution is -0.135. The molecule has 0 aromatic heterocycles. The van der Waals surface area contributed by atoms with Crippen LogP contribution in [0.4, 0.5) is 0 Å². The van der Waals surface area contributed by atoms with Crippen LogP contribution in [0.15, 0.2) is 0 Å². The molecule has 0 spiro atoms. The molecule has 22 heavy (non-hydrogen) atoms. The summed E-state index contributed by atoms with van der Waals surface area (Å²) in [5, 5.41) is 4.43. The average molecular weight is 345 g/mol. The minimum atomic E-state index is 0. The van der Waals surface area contributed by atoms with Crippen molar-refractivity contribution in [1.82, 2.24) is 10.2 Å². The summed E-state index contributed by atoms with van der Waals surface area (Å²) in [7, 11) is 0. The number of piperidine rings is 1. The van der Waals surface area contributed by atoms with Gasteiger partial charge in [0.1, 0.15) is 0 Å². The topological polar surface area (TPSA) is 32.3 Å². The van der Waals surface area contributed by atoms with E-state index in [1.165, 1.54) is 51.4 Å². The summed E-state index contributed by atoms with van der Waals surface area (Å²) in [5.41, 5.74) is 0. The molecule has 0 radical (unpaired) electrons. The van der Waals surface area contributed by atoms with Gasteiger partial charge in [0.2, 0.25) is 5.91 Å². The molecule has 1 amide bonds. The van der Waals surface area contributed by atoms with E-state index in [2.05, 4.69) is 22.0 Å². The Morgan fingerprint density at radius 3 is 2.59 bits per heavy atom. The van der Waals surface area contributed by atoms with E-state index in [9.17, 15) is 4.79 Å². The van der Waals surface area contributed by atoms with Crippen LogP contribution < -0.4 is 5.32 Å². The van der Waals surface area contributed by atoms with Crippen molar-refractivity contribution in [1.29, 1.82) is 0 Å². The van der Waals surface area contributed by atoms with E-state index in [1.54, 1.807) is 0 Å². The van der Waals surface area contributed by atoms with Crippen molar-refractivity contribution in [3.8, 4) is 0 Å². The summed E-state index contributed by atoms with van der Waals surface area (Å²) in [6.07, 6.45) is 11.2. The van der Waals surface area contributed by atoms with Crippen LogP contribution in [-0.2, 0) is 4.79 Å². The van der Waals surface area contributed by atoms with E-state index in [1.807, 2.05) is 0 Å². The Morgan fingerprint density at radius 2 is 1.82 bits per heavy atom. The highest BCUT2D eigenvalue weighted by Gasteiger charge is 2.39. The number of hydrogen-bond acceptors (Lipinski definition) is 3. The van der Waals surface area contributed by atoms with Gasteiger partial charge < -0.3 is 10.2 Å². The number of hydrogen-bond donors (Lipinski definition) is 1. The summed E-state index contributed by atoms with van der Waals surface area (Å²) < 4.78 is 0. The van der Waals surface area contributed by atoms with Crippen LogP contribution >= 0.6 is 24.2 Å². The summed E-state index contributed by atoms with van der Waals surface area (Å²) >= 11 is 2.12. The van der Waals surface area contributed by atoms with Gasteiger partial charge in [0.05, 0.1) is 0 Å². The molecule has 3 heterocycles. The molecule has 4 fully saturated rings. The highest BCUT2D eigenvalue weighted by Crippen LogP contribution is 2.37. The summed E-state index contributed by atoms with van der Waals surface area (Å²) in [4.78, 5) is 15.1. The van der Waals surface area contributed by atoms with Crippen LogP contribution in [-0.4, -0.2) is 46.5 Å². The van der Waals surface area contributed by atoms with Gasteiger partial charge in [-0.15, -0.1) is 12.4 Å². The van der Waals surface area contributed by atoms with E-state index in [0.717, 1.165) is 24.0 Å². The lowest BCUT2D eigenvalue weighted by Gasteiger charge is -2.44. The van der Waals surface area contributed by atoms with Crippen molar-refractivity contribution >= 4 is 30.1 Å². The molecular formula is C17H29ClN2OS. The number of halogens is 1. The predicted octanol–water partition coefficient (Wildman–Crippen LogP) is 3.22. The highest BCUT2D eigenvalue weighted by atomic mass is 35.5. The third-order valence-electron chi connectivity index (χ3n) is 6.09. The summed E-state index contributed by atoms with van der Waals surface area (Å²) in [6, 6.07) is 1.98. The molecule has 0 aromatic rings. The van der Waals surface area contributed by atoms with Gasteiger partial charge in [0.25, 0.3) is 0 Å². The quantitative estimate of drug-likeness (QED) is 0.834. The second-order valence-electron chi connectivity index (χ2n) is 7.53. The van der Waals surface area contributed by atoms with Gasteiger partial charge in [-0.3, -0.25) is 4.79 Å². The molecule has 3 saturated heterocycles. The second kappa shape index (κ2) is 7.31. The SMILES string of the molecule is Cl.O=C(CC1CC2CCC(C1)N2)N1CCSC2CCCCC21. The predicted molar refractivity (Wildman–Crippen MR) is 94.7 cm³/mol. The minimum Gasteiger partial charge on any atom is -0.338 e. The van der Waals surface area contributed by atoms with Gasteiger partial charge in [-0.25, -0.2) is 0 Å². The minimum absolute atomic E-state index is 0. The fourth-order valence-electron chi connectivity index (χ4n) is 5.11. The van der Waals surface area contributed by atoms with Crippen molar-refractivity contribution < 1.29 is 4.79 Å². The van der Waals surface area contributed by atoms with Crippen molar-refractivity contribution in [3.63, 3.8) is 0 Å². The van der Waals surface area contributed by atoms with Crippen LogP contribution in [0.2, 0.25) is 0 Å². The molecule has 4 rings (SSSR count). The summed E-state index contributed by atoms with van der Waals surface area (Å²) in [6.45, 7) is 1.00.